The van der Waals surface area contributed by atoms with Crippen LogP contribution in [-0.2, 0) is 24.2 Å². The fraction of sp³-hybridized carbons (Fsp3) is 0.714. The Labute approximate surface area is 95.3 Å². The number of oxime groups is 1. The van der Waals surface area contributed by atoms with Gasteiger partial charge in [-0.25, -0.2) is 13.2 Å². The molecule has 0 unspecified atom stereocenters. The van der Waals surface area contributed by atoms with Gasteiger partial charge < -0.3 is 9.57 Å². The highest BCUT2D eigenvalue weighted by atomic mass is 32.2. The second kappa shape index (κ2) is 5.84. The number of alkyl halides is 3. The van der Waals surface area contributed by atoms with Crippen molar-refractivity contribution in [3.05, 3.63) is 0 Å². The molecule has 0 heterocycles. The van der Waals surface area contributed by atoms with Gasteiger partial charge in [0.25, 0.3) is 9.84 Å². The summed E-state index contributed by atoms with van der Waals surface area (Å²) >= 11 is 0. The highest BCUT2D eigenvalue weighted by Gasteiger charge is 2.47. The van der Waals surface area contributed by atoms with Crippen molar-refractivity contribution in [1.29, 1.82) is 0 Å². The molecule has 10 heteroatoms. The summed E-state index contributed by atoms with van der Waals surface area (Å²) in [4.78, 5) is 15.2. The van der Waals surface area contributed by atoms with Gasteiger partial charge in [-0.15, -0.1) is 0 Å². The number of hydrogen-bond donors (Lipinski definition) is 0. The summed E-state index contributed by atoms with van der Waals surface area (Å²) in [6.07, 6.45) is 0. The van der Waals surface area contributed by atoms with Crippen molar-refractivity contribution in [2.45, 2.75) is 12.4 Å². The summed E-state index contributed by atoms with van der Waals surface area (Å²) in [7, 11) is -4.54. The minimum atomic E-state index is -5.49. The Bertz CT molecular complexity index is 400. The first-order valence-electron chi connectivity index (χ1n) is 4.22. The Hall–Kier alpha value is -1.32. The van der Waals surface area contributed by atoms with Crippen LogP contribution >= 0.6 is 0 Å². The van der Waals surface area contributed by atoms with E-state index in [4.69, 9.17) is 0 Å². The molecule has 0 aliphatic rings. The topological polar surface area (TPSA) is 82.0 Å². The number of rotatable bonds is 5. The van der Waals surface area contributed by atoms with Gasteiger partial charge in [0, 0.05) is 0 Å². The standard InChI is InChI=1S/C7H10F3NO5S/c1-3-16-6(12)5(11-15-2)4-17(13,14)7(8,9)10/h3-4H2,1-2H3. The fourth-order valence-corrected chi connectivity index (χ4v) is 1.40. The van der Waals surface area contributed by atoms with Crippen molar-refractivity contribution in [3.63, 3.8) is 0 Å². The molecule has 0 fully saturated rings. The monoisotopic (exact) mass is 277 g/mol. The number of ether oxygens (including phenoxy) is 1. The van der Waals surface area contributed by atoms with Crippen LogP contribution in [0.1, 0.15) is 6.92 Å². The van der Waals surface area contributed by atoms with E-state index in [1.165, 1.54) is 6.92 Å². The fourth-order valence-electron chi connectivity index (χ4n) is 0.709. The molecular formula is C7H10F3NO5S. The van der Waals surface area contributed by atoms with Gasteiger partial charge in [0.1, 0.15) is 12.9 Å². The zero-order chi connectivity index (χ0) is 13.7. The van der Waals surface area contributed by atoms with Crippen molar-refractivity contribution in [1.82, 2.24) is 0 Å². The quantitative estimate of drug-likeness (QED) is 0.415. The molecule has 0 N–H and O–H groups in total. The van der Waals surface area contributed by atoms with E-state index in [1.807, 2.05) is 0 Å². The molecule has 0 aromatic carbocycles. The van der Waals surface area contributed by atoms with Gasteiger partial charge in [0.05, 0.1) is 6.61 Å². The van der Waals surface area contributed by atoms with Crippen LogP contribution in [-0.4, -0.2) is 45.1 Å². The average molecular weight is 277 g/mol. The summed E-state index contributed by atoms with van der Waals surface area (Å²) in [5.74, 6) is -2.90. The van der Waals surface area contributed by atoms with Crippen molar-refractivity contribution >= 4 is 21.5 Å². The third kappa shape index (κ3) is 4.59. The third-order valence-corrected chi connectivity index (χ3v) is 2.75. The van der Waals surface area contributed by atoms with Crippen LogP contribution in [0.3, 0.4) is 0 Å². The second-order valence-corrected chi connectivity index (χ2v) is 4.63. The number of carbonyl (C=O) groups excluding carboxylic acids is 1. The SMILES string of the molecule is CCOC(=O)C(CS(=O)(=O)C(F)(F)F)=NOC. The number of sulfone groups is 1. The predicted octanol–water partition coefficient (Wildman–Crippen LogP) is 0.487. The first-order valence-corrected chi connectivity index (χ1v) is 5.87. The van der Waals surface area contributed by atoms with E-state index in [2.05, 4.69) is 14.7 Å². The van der Waals surface area contributed by atoms with Gasteiger partial charge in [-0.3, -0.25) is 0 Å². The smallest absolute Gasteiger partial charge is 0.461 e. The van der Waals surface area contributed by atoms with Crippen LogP contribution in [0.25, 0.3) is 0 Å². The maximum atomic E-state index is 12.0. The minimum Gasteiger partial charge on any atom is -0.461 e. The van der Waals surface area contributed by atoms with Crippen molar-refractivity contribution in [2.24, 2.45) is 5.16 Å². The molecular weight excluding hydrogens is 267 g/mol. The summed E-state index contributed by atoms with van der Waals surface area (Å²) in [5.41, 5.74) is -6.43. The molecule has 0 aromatic rings. The summed E-state index contributed by atoms with van der Waals surface area (Å²) in [5, 5.41) is 2.90. The number of hydrogen-bond acceptors (Lipinski definition) is 6. The second-order valence-electron chi connectivity index (χ2n) is 2.65. The number of esters is 1. The Balaban J connectivity index is 5.05. The minimum absolute atomic E-state index is 0.131. The van der Waals surface area contributed by atoms with Crippen LogP contribution in [0.15, 0.2) is 5.16 Å². The molecule has 0 rings (SSSR count). The van der Waals surface area contributed by atoms with Crippen molar-refractivity contribution in [2.75, 3.05) is 19.5 Å². The number of halogens is 3. The Morgan fingerprint density at radius 3 is 2.24 bits per heavy atom. The van der Waals surface area contributed by atoms with Crippen LogP contribution in [0.4, 0.5) is 13.2 Å². The van der Waals surface area contributed by atoms with Gasteiger partial charge in [-0.1, -0.05) is 5.16 Å². The van der Waals surface area contributed by atoms with E-state index in [0.717, 1.165) is 7.11 Å². The number of carbonyl (C=O) groups is 1. The molecule has 0 aliphatic heterocycles. The van der Waals surface area contributed by atoms with Gasteiger partial charge in [0.2, 0.25) is 0 Å². The third-order valence-electron chi connectivity index (χ3n) is 1.39. The molecule has 0 radical (unpaired) electrons. The first-order chi connectivity index (χ1) is 7.65. The van der Waals surface area contributed by atoms with Crippen molar-refractivity contribution < 1.29 is 36.0 Å². The molecule has 0 saturated carbocycles. The van der Waals surface area contributed by atoms with E-state index in [-0.39, 0.29) is 6.61 Å². The van der Waals surface area contributed by atoms with E-state index >= 15 is 0 Å². The molecule has 100 valence electrons. The average Bonchev–Trinajstić information content (AvgIpc) is 2.15. The van der Waals surface area contributed by atoms with E-state index in [1.54, 1.807) is 0 Å². The van der Waals surface area contributed by atoms with Gasteiger partial charge in [-0.2, -0.15) is 13.2 Å². The lowest BCUT2D eigenvalue weighted by Gasteiger charge is -2.08. The predicted molar refractivity (Wildman–Crippen MR) is 50.9 cm³/mol. The number of nitrogens with zero attached hydrogens (tertiary/aromatic N) is 1. The van der Waals surface area contributed by atoms with Crippen LogP contribution in [0, 0.1) is 0 Å². The zero-order valence-electron chi connectivity index (χ0n) is 8.94. The lowest BCUT2D eigenvalue weighted by Crippen LogP contribution is -2.34. The maximum Gasteiger partial charge on any atom is 0.497 e. The first kappa shape index (κ1) is 15.7. The normalized spacial score (nSPS) is 13.4. The molecule has 0 atom stereocenters. The summed E-state index contributed by atoms with van der Waals surface area (Å²) in [6.45, 7) is 1.27. The van der Waals surface area contributed by atoms with Crippen LogP contribution < -0.4 is 0 Å². The lowest BCUT2D eigenvalue weighted by molar-refractivity contribution is -0.135. The molecule has 0 bridgehead atoms. The molecule has 0 aromatic heterocycles. The van der Waals surface area contributed by atoms with Crippen LogP contribution in [0.2, 0.25) is 0 Å². The summed E-state index contributed by atoms with van der Waals surface area (Å²) in [6, 6.07) is 0. The molecule has 6 nitrogen and oxygen atoms in total. The van der Waals surface area contributed by atoms with E-state index in [9.17, 15) is 26.4 Å². The maximum absolute atomic E-state index is 12.0. The lowest BCUT2D eigenvalue weighted by atomic mass is 10.4. The molecule has 0 saturated heterocycles. The van der Waals surface area contributed by atoms with Crippen molar-refractivity contribution in [3.8, 4) is 0 Å². The molecule has 0 amide bonds. The van der Waals surface area contributed by atoms with Gasteiger partial charge in [-0.05, 0) is 6.92 Å². The highest BCUT2D eigenvalue weighted by molar-refractivity contribution is 7.93. The molecule has 17 heavy (non-hydrogen) atoms. The zero-order valence-corrected chi connectivity index (χ0v) is 9.76. The Morgan fingerprint density at radius 1 is 1.35 bits per heavy atom. The largest absolute Gasteiger partial charge is 0.497 e. The molecule has 0 spiro atoms. The Morgan fingerprint density at radius 2 is 1.88 bits per heavy atom. The van der Waals surface area contributed by atoms with Gasteiger partial charge in [0.15, 0.2) is 5.71 Å². The van der Waals surface area contributed by atoms with E-state index in [0.29, 0.717) is 0 Å². The van der Waals surface area contributed by atoms with Gasteiger partial charge >= 0.3 is 11.5 Å². The van der Waals surface area contributed by atoms with Crippen LogP contribution in [0.5, 0.6) is 0 Å². The molecule has 0 aliphatic carbocycles. The summed E-state index contributed by atoms with van der Waals surface area (Å²) < 4.78 is 62.0. The van der Waals surface area contributed by atoms with E-state index < -0.39 is 32.8 Å². The Kier molecular flexibility index (Phi) is 5.39. The highest BCUT2D eigenvalue weighted by Crippen LogP contribution is 2.24.